The molecule has 0 aliphatic carbocycles. The van der Waals surface area contributed by atoms with Crippen LogP contribution < -0.4 is 16.8 Å². The molecule has 92 valence electrons. The summed E-state index contributed by atoms with van der Waals surface area (Å²) in [6, 6.07) is 6.44. The number of primary amides is 1. The van der Waals surface area contributed by atoms with Crippen molar-refractivity contribution < 1.29 is 9.59 Å². The number of benzene rings is 1. The average Bonchev–Trinajstić information content (AvgIpc) is 2.30. The third-order valence-corrected chi connectivity index (χ3v) is 2.48. The lowest BCUT2D eigenvalue weighted by molar-refractivity contribution is -0.119. The van der Waals surface area contributed by atoms with Crippen molar-refractivity contribution in [2.75, 3.05) is 11.9 Å². The zero-order valence-corrected chi connectivity index (χ0v) is 9.77. The van der Waals surface area contributed by atoms with E-state index in [1.54, 1.807) is 24.3 Å². The number of hydrogen-bond acceptors (Lipinski definition) is 3. The van der Waals surface area contributed by atoms with E-state index >= 15 is 0 Å². The topological polar surface area (TPSA) is 98.2 Å². The number of nitrogens with one attached hydrogen (secondary N) is 1. The van der Waals surface area contributed by atoms with Crippen LogP contribution in [0.5, 0.6) is 0 Å². The predicted octanol–water partition coefficient (Wildman–Crippen LogP) is 0.709. The summed E-state index contributed by atoms with van der Waals surface area (Å²) in [5.41, 5.74) is 11.6. The molecule has 0 spiro atoms. The summed E-state index contributed by atoms with van der Waals surface area (Å²) in [5, 5.41) is 2.75. The van der Waals surface area contributed by atoms with E-state index in [1.165, 1.54) is 0 Å². The Bertz CT molecular complexity index is 401. The van der Waals surface area contributed by atoms with Gasteiger partial charge in [-0.05, 0) is 37.2 Å². The van der Waals surface area contributed by atoms with Gasteiger partial charge in [-0.25, -0.2) is 0 Å². The van der Waals surface area contributed by atoms with Gasteiger partial charge in [0, 0.05) is 17.2 Å². The van der Waals surface area contributed by atoms with Gasteiger partial charge in [0.05, 0.1) is 0 Å². The van der Waals surface area contributed by atoms with E-state index in [0.717, 1.165) is 0 Å². The lowest BCUT2D eigenvalue weighted by atomic mass is 10.1. The summed E-state index contributed by atoms with van der Waals surface area (Å²) in [6.45, 7) is 2.30. The molecule has 5 N–H and O–H groups in total. The summed E-state index contributed by atoms with van der Waals surface area (Å²) >= 11 is 0. The highest BCUT2D eigenvalue weighted by molar-refractivity contribution is 5.95. The molecule has 0 saturated carbocycles. The van der Waals surface area contributed by atoms with Crippen molar-refractivity contribution in [1.82, 2.24) is 0 Å². The fraction of sp³-hybridized carbons (Fsp3) is 0.333. The van der Waals surface area contributed by atoms with Crippen molar-refractivity contribution in [3.8, 4) is 0 Å². The van der Waals surface area contributed by atoms with Crippen molar-refractivity contribution in [1.29, 1.82) is 0 Å². The number of carbonyl (C=O) groups excluding carboxylic acids is 2. The molecule has 0 aliphatic rings. The first-order chi connectivity index (χ1) is 8.04. The van der Waals surface area contributed by atoms with E-state index in [0.29, 0.717) is 24.2 Å². The molecule has 0 aliphatic heterocycles. The van der Waals surface area contributed by atoms with Gasteiger partial charge in [0.1, 0.15) is 0 Å². The average molecular weight is 235 g/mol. The van der Waals surface area contributed by atoms with Crippen molar-refractivity contribution >= 4 is 17.5 Å². The highest BCUT2D eigenvalue weighted by Crippen LogP contribution is 2.11. The number of amides is 2. The van der Waals surface area contributed by atoms with E-state index in [4.69, 9.17) is 11.5 Å². The largest absolute Gasteiger partial charge is 0.366 e. The Kier molecular flexibility index (Phi) is 4.66. The van der Waals surface area contributed by atoms with Crippen LogP contribution in [-0.4, -0.2) is 18.4 Å². The van der Waals surface area contributed by atoms with E-state index in [1.807, 2.05) is 6.92 Å². The Morgan fingerprint density at radius 3 is 2.35 bits per heavy atom. The fourth-order valence-corrected chi connectivity index (χ4v) is 1.36. The van der Waals surface area contributed by atoms with E-state index < -0.39 is 5.91 Å². The lowest BCUT2D eigenvalue weighted by Gasteiger charge is -2.11. The highest BCUT2D eigenvalue weighted by atomic mass is 16.2. The first-order valence-electron chi connectivity index (χ1n) is 5.45. The van der Waals surface area contributed by atoms with Gasteiger partial charge in [-0.1, -0.05) is 6.92 Å². The minimum Gasteiger partial charge on any atom is -0.366 e. The molecule has 0 heterocycles. The molecule has 0 fully saturated rings. The van der Waals surface area contributed by atoms with Gasteiger partial charge in [0.25, 0.3) is 0 Å². The maximum Gasteiger partial charge on any atom is 0.248 e. The minimum absolute atomic E-state index is 0.0812. The minimum atomic E-state index is -0.487. The molecule has 0 bridgehead atoms. The van der Waals surface area contributed by atoms with E-state index in [-0.39, 0.29) is 11.8 Å². The SMILES string of the molecule is CC(CCN)C(=O)Nc1ccc(C(N)=O)cc1. The Hall–Kier alpha value is -1.88. The zero-order chi connectivity index (χ0) is 12.8. The summed E-state index contributed by atoms with van der Waals surface area (Å²) in [5.74, 6) is -0.697. The molecular weight excluding hydrogens is 218 g/mol. The van der Waals surface area contributed by atoms with E-state index in [2.05, 4.69) is 5.32 Å². The number of carbonyl (C=O) groups is 2. The molecule has 1 atom stereocenters. The van der Waals surface area contributed by atoms with Gasteiger partial charge < -0.3 is 16.8 Å². The summed E-state index contributed by atoms with van der Waals surface area (Å²) < 4.78 is 0. The van der Waals surface area contributed by atoms with Gasteiger partial charge in [0.15, 0.2) is 0 Å². The molecule has 0 saturated heterocycles. The molecule has 2 amide bonds. The molecule has 1 unspecified atom stereocenters. The highest BCUT2D eigenvalue weighted by Gasteiger charge is 2.11. The summed E-state index contributed by atoms with van der Waals surface area (Å²) in [6.07, 6.45) is 0.644. The normalized spacial score (nSPS) is 11.9. The monoisotopic (exact) mass is 235 g/mol. The Balaban J connectivity index is 2.63. The third kappa shape index (κ3) is 3.88. The van der Waals surface area contributed by atoms with Crippen LogP contribution in [0.15, 0.2) is 24.3 Å². The first-order valence-corrected chi connectivity index (χ1v) is 5.45. The van der Waals surface area contributed by atoms with Crippen molar-refractivity contribution in [2.24, 2.45) is 17.4 Å². The fourth-order valence-electron chi connectivity index (χ4n) is 1.36. The Morgan fingerprint density at radius 2 is 1.88 bits per heavy atom. The molecule has 17 heavy (non-hydrogen) atoms. The molecule has 0 aromatic heterocycles. The van der Waals surface area contributed by atoms with Gasteiger partial charge >= 0.3 is 0 Å². The van der Waals surface area contributed by atoms with Crippen LogP contribution in [0.3, 0.4) is 0 Å². The van der Waals surface area contributed by atoms with E-state index in [9.17, 15) is 9.59 Å². The summed E-state index contributed by atoms with van der Waals surface area (Å²) in [4.78, 5) is 22.5. The standard InChI is InChI=1S/C12H17N3O2/c1-8(6-7-13)12(17)15-10-4-2-9(3-5-10)11(14)16/h2-5,8H,6-7,13H2,1H3,(H2,14,16)(H,15,17). The molecular formula is C12H17N3O2. The molecule has 1 aromatic carbocycles. The Morgan fingerprint density at radius 1 is 1.29 bits per heavy atom. The second-order valence-electron chi connectivity index (χ2n) is 3.91. The van der Waals surface area contributed by atoms with Crippen molar-refractivity contribution in [3.05, 3.63) is 29.8 Å². The maximum atomic E-state index is 11.7. The number of hydrogen-bond donors (Lipinski definition) is 3. The second-order valence-corrected chi connectivity index (χ2v) is 3.91. The Labute approximate surface area is 100 Å². The number of rotatable bonds is 5. The van der Waals surface area contributed by atoms with Crippen LogP contribution in [0.2, 0.25) is 0 Å². The van der Waals surface area contributed by atoms with Crippen LogP contribution >= 0.6 is 0 Å². The predicted molar refractivity (Wildman–Crippen MR) is 66.4 cm³/mol. The van der Waals surface area contributed by atoms with Gasteiger partial charge in [-0.2, -0.15) is 0 Å². The van der Waals surface area contributed by atoms with Gasteiger partial charge in [-0.15, -0.1) is 0 Å². The molecule has 1 aromatic rings. The van der Waals surface area contributed by atoms with Crippen LogP contribution in [0.1, 0.15) is 23.7 Å². The van der Waals surface area contributed by atoms with Crippen molar-refractivity contribution in [3.63, 3.8) is 0 Å². The van der Waals surface area contributed by atoms with Crippen LogP contribution in [-0.2, 0) is 4.79 Å². The van der Waals surface area contributed by atoms with Gasteiger partial charge in [-0.3, -0.25) is 9.59 Å². The maximum absolute atomic E-state index is 11.7. The third-order valence-electron chi connectivity index (χ3n) is 2.48. The number of nitrogens with two attached hydrogens (primary N) is 2. The number of anilines is 1. The molecule has 5 heteroatoms. The van der Waals surface area contributed by atoms with Gasteiger partial charge in [0.2, 0.25) is 11.8 Å². The van der Waals surface area contributed by atoms with Crippen LogP contribution in [0.4, 0.5) is 5.69 Å². The lowest BCUT2D eigenvalue weighted by Crippen LogP contribution is -2.22. The van der Waals surface area contributed by atoms with Crippen molar-refractivity contribution in [2.45, 2.75) is 13.3 Å². The molecule has 5 nitrogen and oxygen atoms in total. The van der Waals surface area contributed by atoms with Crippen LogP contribution in [0.25, 0.3) is 0 Å². The van der Waals surface area contributed by atoms with Crippen LogP contribution in [0, 0.1) is 5.92 Å². The zero-order valence-electron chi connectivity index (χ0n) is 9.77. The quantitative estimate of drug-likeness (QED) is 0.700. The smallest absolute Gasteiger partial charge is 0.248 e. The summed E-state index contributed by atoms with van der Waals surface area (Å²) in [7, 11) is 0. The first kappa shape index (κ1) is 13.2. The second kappa shape index (κ2) is 6.00. The molecule has 1 rings (SSSR count). The molecule has 0 radical (unpaired) electrons.